The van der Waals surface area contributed by atoms with Crippen LogP contribution in [0.5, 0.6) is 0 Å². The van der Waals surface area contributed by atoms with Crippen LogP contribution >= 0.6 is 15.9 Å². The second-order valence-corrected chi connectivity index (χ2v) is 5.21. The van der Waals surface area contributed by atoms with Gasteiger partial charge in [0.1, 0.15) is 0 Å². The molecule has 0 unspecified atom stereocenters. The van der Waals surface area contributed by atoms with Gasteiger partial charge in [0.15, 0.2) is 0 Å². The van der Waals surface area contributed by atoms with E-state index in [0.717, 1.165) is 21.2 Å². The molecule has 6 heteroatoms. The van der Waals surface area contributed by atoms with Crippen molar-refractivity contribution in [1.29, 1.82) is 0 Å². The molecule has 0 atom stereocenters. The van der Waals surface area contributed by atoms with Gasteiger partial charge in [0.25, 0.3) is 5.89 Å². The fourth-order valence-corrected chi connectivity index (χ4v) is 2.29. The van der Waals surface area contributed by atoms with Crippen LogP contribution in [0.4, 0.5) is 5.69 Å². The van der Waals surface area contributed by atoms with Crippen molar-refractivity contribution in [1.82, 2.24) is 15.1 Å². The van der Waals surface area contributed by atoms with Gasteiger partial charge in [-0.2, -0.15) is 4.98 Å². The highest BCUT2D eigenvalue weighted by Gasteiger charge is 2.14. The van der Waals surface area contributed by atoms with Gasteiger partial charge >= 0.3 is 0 Å². The van der Waals surface area contributed by atoms with E-state index >= 15 is 0 Å². The molecule has 0 spiro atoms. The average Bonchev–Trinajstić information content (AvgIpc) is 2.91. The maximum atomic E-state index is 5.79. The molecule has 2 heterocycles. The molecule has 20 heavy (non-hydrogen) atoms. The van der Waals surface area contributed by atoms with Gasteiger partial charge in [0, 0.05) is 28.1 Å². The smallest absolute Gasteiger partial charge is 0.259 e. The first-order chi connectivity index (χ1) is 9.65. The summed E-state index contributed by atoms with van der Waals surface area (Å²) >= 11 is 3.45. The molecule has 5 nitrogen and oxygen atoms in total. The summed E-state index contributed by atoms with van der Waals surface area (Å²) in [5.74, 6) is 0.963. The van der Waals surface area contributed by atoms with Gasteiger partial charge < -0.3 is 10.3 Å². The molecule has 100 valence electrons. The van der Waals surface area contributed by atoms with Gasteiger partial charge in [-0.25, -0.2) is 0 Å². The maximum absolute atomic E-state index is 5.79. The van der Waals surface area contributed by atoms with Gasteiger partial charge in [-0.1, -0.05) is 5.16 Å². The number of nitrogens with two attached hydrogens (primary N) is 1. The fourth-order valence-electron chi connectivity index (χ4n) is 1.87. The summed E-state index contributed by atoms with van der Waals surface area (Å²) < 4.78 is 6.18. The van der Waals surface area contributed by atoms with Crippen LogP contribution < -0.4 is 5.73 Å². The Kier molecular flexibility index (Phi) is 3.23. The molecule has 3 aromatic rings. The summed E-state index contributed by atoms with van der Waals surface area (Å²) in [5, 5.41) is 4.02. The third-order valence-corrected chi connectivity index (χ3v) is 3.60. The molecular weight excluding hydrogens is 320 g/mol. The number of nitrogen functional groups attached to an aromatic ring is 1. The number of anilines is 1. The normalized spacial score (nSPS) is 10.7. The van der Waals surface area contributed by atoms with Crippen molar-refractivity contribution < 1.29 is 4.52 Å². The Labute approximate surface area is 124 Å². The number of hydrogen-bond donors (Lipinski definition) is 1. The van der Waals surface area contributed by atoms with E-state index in [1.165, 1.54) is 0 Å². The average molecular weight is 331 g/mol. The first-order valence-corrected chi connectivity index (χ1v) is 6.74. The minimum Gasteiger partial charge on any atom is -0.399 e. The molecule has 0 saturated carbocycles. The van der Waals surface area contributed by atoms with Gasteiger partial charge in [0.05, 0.1) is 5.56 Å². The number of aryl methyl sites for hydroxylation is 1. The van der Waals surface area contributed by atoms with Crippen molar-refractivity contribution in [3.63, 3.8) is 0 Å². The molecule has 0 radical (unpaired) electrons. The van der Waals surface area contributed by atoms with Crippen LogP contribution in [0.3, 0.4) is 0 Å². The van der Waals surface area contributed by atoms with E-state index < -0.39 is 0 Å². The molecule has 0 amide bonds. The van der Waals surface area contributed by atoms with E-state index in [-0.39, 0.29) is 0 Å². The summed E-state index contributed by atoms with van der Waals surface area (Å²) in [7, 11) is 0. The van der Waals surface area contributed by atoms with E-state index in [2.05, 4.69) is 31.1 Å². The highest BCUT2D eigenvalue weighted by molar-refractivity contribution is 9.10. The highest BCUT2D eigenvalue weighted by atomic mass is 79.9. The third kappa shape index (κ3) is 2.30. The lowest BCUT2D eigenvalue weighted by atomic mass is 10.1. The van der Waals surface area contributed by atoms with E-state index in [4.69, 9.17) is 10.3 Å². The van der Waals surface area contributed by atoms with Crippen LogP contribution in [0.1, 0.15) is 5.56 Å². The van der Waals surface area contributed by atoms with Crippen molar-refractivity contribution in [2.45, 2.75) is 6.92 Å². The second kappa shape index (κ2) is 5.05. The zero-order valence-corrected chi connectivity index (χ0v) is 12.3. The Morgan fingerprint density at radius 3 is 2.85 bits per heavy atom. The monoisotopic (exact) mass is 330 g/mol. The topological polar surface area (TPSA) is 77.8 Å². The molecule has 2 N–H and O–H groups in total. The number of hydrogen-bond acceptors (Lipinski definition) is 5. The maximum Gasteiger partial charge on any atom is 0.259 e. The molecule has 0 aliphatic rings. The first-order valence-electron chi connectivity index (χ1n) is 5.95. The number of halogens is 1. The molecular formula is C14H11BrN4O. The predicted octanol–water partition coefficient (Wildman–Crippen LogP) is 3.45. The van der Waals surface area contributed by atoms with Crippen molar-refractivity contribution in [3.8, 4) is 22.8 Å². The fraction of sp³-hybridized carbons (Fsp3) is 0.0714. The van der Waals surface area contributed by atoms with Gasteiger partial charge in [0.2, 0.25) is 5.82 Å². The van der Waals surface area contributed by atoms with Crippen LogP contribution in [0.25, 0.3) is 22.8 Å². The highest BCUT2D eigenvalue weighted by Crippen LogP contribution is 2.30. The summed E-state index contributed by atoms with van der Waals surface area (Å²) in [6.07, 6.45) is 3.47. The van der Waals surface area contributed by atoms with Crippen LogP contribution in [0, 0.1) is 6.92 Å². The van der Waals surface area contributed by atoms with Crippen molar-refractivity contribution in [3.05, 3.63) is 46.7 Å². The zero-order chi connectivity index (χ0) is 14.1. The Balaban J connectivity index is 2.07. The van der Waals surface area contributed by atoms with Gasteiger partial charge in [-0.15, -0.1) is 0 Å². The Hall–Kier alpha value is -2.21. The zero-order valence-electron chi connectivity index (χ0n) is 10.7. The molecule has 0 saturated heterocycles. The minimum atomic E-state index is 0.426. The van der Waals surface area contributed by atoms with E-state index in [1.807, 2.05) is 19.1 Å². The second-order valence-electron chi connectivity index (χ2n) is 4.35. The van der Waals surface area contributed by atoms with Crippen LogP contribution in [-0.4, -0.2) is 15.1 Å². The van der Waals surface area contributed by atoms with Crippen molar-refractivity contribution >= 4 is 21.6 Å². The molecule has 2 aromatic heterocycles. The standard InChI is InChI=1S/C14H11BrN4O/c1-8-7-17-5-4-10(8)13-18-14(20-19-13)11-6-9(16)2-3-12(11)15/h2-7H,16H2,1H3. The molecule has 0 bridgehead atoms. The number of rotatable bonds is 2. The van der Waals surface area contributed by atoms with E-state index in [1.54, 1.807) is 24.5 Å². The Bertz CT molecular complexity index is 769. The largest absolute Gasteiger partial charge is 0.399 e. The molecule has 3 rings (SSSR count). The number of pyridine rings is 1. The lowest BCUT2D eigenvalue weighted by molar-refractivity contribution is 0.432. The quantitative estimate of drug-likeness (QED) is 0.728. The molecule has 0 aliphatic heterocycles. The lowest BCUT2D eigenvalue weighted by Gasteiger charge is -2.00. The minimum absolute atomic E-state index is 0.426. The van der Waals surface area contributed by atoms with Crippen LogP contribution in [0.2, 0.25) is 0 Å². The van der Waals surface area contributed by atoms with Crippen molar-refractivity contribution in [2.24, 2.45) is 0 Å². The number of aromatic nitrogens is 3. The molecule has 1 aromatic carbocycles. The number of nitrogens with zero attached hydrogens (tertiary/aromatic N) is 3. The SMILES string of the molecule is Cc1cnccc1-c1noc(-c2cc(N)ccc2Br)n1. The van der Waals surface area contributed by atoms with Gasteiger partial charge in [-0.3, -0.25) is 4.98 Å². The Morgan fingerprint density at radius 1 is 1.20 bits per heavy atom. The summed E-state index contributed by atoms with van der Waals surface area (Å²) in [5.41, 5.74) is 9.09. The summed E-state index contributed by atoms with van der Waals surface area (Å²) in [4.78, 5) is 8.47. The third-order valence-electron chi connectivity index (χ3n) is 2.91. The summed E-state index contributed by atoms with van der Waals surface area (Å²) in [6.45, 7) is 1.95. The predicted molar refractivity (Wildman–Crippen MR) is 79.8 cm³/mol. The van der Waals surface area contributed by atoms with Crippen LogP contribution in [0.15, 0.2) is 45.7 Å². The first kappa shape index (κ1) is 12.8. The van der Waals surface area contributed by atoms with E-state index in [9.17, 15) is 0 Å². The van der Waals surface area contributed by atoms with E-state index in [0.29, 0.717) is 17.4 Å². The van der Waals surface area contributed by atoms with Crippen LogP contribution in [-0.2, 0) is 0 Å². The summed E-state index contributed by atoms with van der Waals surface area (Å²) in [6, 6.07) is 7.31. The molecule has 0 fully saturated rings. The van der Waals surface area contributed by atoms with Gasteiger partial charge in [-0.05, 0) is 52.7 Å². The number of benzene rings is 1. The van der Waals surface area contributed by atoms with Crippen molar-refractivity contribution in [2.75, 3.05) is 5.73 Å². The lowest BCUT2D eigenvalue weighted by Crippen LogP contribution is -1.88. The molecule has 0 aliphatic carbocycles. The Morgan fingerprint density at radius 2 is 2.05 bits per heavy atom.